The number of anilines is 1. The zero-order valence-electron chi connectivity index (χ0n) is 11.4. The summed E-state index contributed by atoms with van der Waals surface area (Å²) in [6, 6.07) is 2.51. The molecule has 0 aliphatic carbocycles. The van der Waals surface area contributed by atoms with Crippen LogP contribution in [0.5, 0.6) is 0 Å². The Hall–Kier alpha value is -0.840. The van der Waals surface area contributed by atoms with E-state index >= 15 is 0 Å². The van der Waals surface area contributed by atoms with E-state index in [-0.39, 0.29) is 0 Å². The first-order valence-electron chi connectivity index (χ1n) is 6.88. The van der Waals surface area contributed by atoms with Crippen molar-refractivity contribution in [1.82, 2.24) is 10.3 Å². The van der Waals surface area contributed by atoms with Crippen molar-refractivity contribution in [3.63, 3.8) is 0 Å². The molecule has 0 spiro atoms. The van der Waals surface area contributed by atoms with E-state index < -0.39 is 0 Å². The number of nitrogens with zero attached hydrogens (tertiary/aromatic N) is 2. The summed E-state index contributed by atoms with van der Waals surface area (Å²) in [5.74, 6) is 0. The number of hydrogen-bond acceptors (Lipinski definition) is 4. The van der Waals surface area contributed by atoms with Crippen LogP contribution in [0.2, 0.25) is 5.02 Å². The average molecular weight is 284 g/mol. The molecule has 2 rings (SSSR count). The zero-order chi connectivity index (χ0) is 13.5. The lowest BCUT2D eigenvalue weighted by Gasteiger charge is -2.38. The summed E-state index contributed by atoms with van der Waals surface area (Å²) in [4.78, 5) is 6.47. The summed E-state index contributed by atoms with van der Waals surface area (Å²) in [5, 5.41) is 4.19. The van der Waals surface area contributed by atoms with Gasteiger partial charge in [-0.1, -0.05) is 11.6 Å². The van der Waals surface area contributed by atoms with E-state index in [4.69, 9.17) is 16.3 Å². The van der Waals surface area contributed by atoms with Crippen LogP contribution in [-0.2, 0) is 4.74 Å². The largest absolute Gasteiger partial charge is 0.383 e. The number of rotatable bonds is 6. The van der Waals surface area contributed by atoms with Crippen LogP contribution in [0.25, 0.3) is 0 Å². The molecule has 4 nitrogen and oxygen atoms in total. The molecule has 5 heteroatoms. The predicted molar refractivity (Wildman–Crippen MR) is 79.0 cm³/mol. The number of halogens is 1. The van der Waals surface area contributed by atoms with Gasteiger partial charge in [0.1, 0.15) is 0 Å². The highest BCUT2D eigenvalue weighted by Crippen LogP contribution is 2.29. The number of ether oxygens (including phenoxy) is 1. The second-order valence-corrected chi connectivity index (χ2v) is 5.27. The summed E-state index contributed by atoms with van der Waals surface area (Å²) in [6.45, 7) is 3.69. The van der Waals surface area contributed by atoms with Gasteiger partial charge in [-0.05, 0) is 25.3 Å². The summed E-state index contributed by atoms with van der Waals surface area (Å²) in [5.41, 5.74) is 1.11. The van der Waals surface area contributed by atoms with E-state index in [0.29, 0.717) is 6.04 Å². The van der Waals surface area contributed by atoms with Crippen LogP contribution in [0.4, 0.5) is 5.69 Å². The highest BCUT2D eigenvalue weighted by Gasteiger charge is 2.23. The standard InChI is InChI=1S/C14H22ClN3O/c1-19-9-7-17-10-12-4-2-3-8-18(12)14-5-6-16-11-13(14)15/h5-6,11-12,17H,2-4,7-10H2,1H3. The molecule has 1 N–H and O–H groups in total. The van der Waals surface area contributed by atoms with E-state index in [0.717, 1.165) is 37.0 Å². The van der Waals surface area contributed by atoms with Crippen molar-refractivity contribution in [2.45, 2.75) is 25.3 Å². The maximum atomic E-state index is 6.26. The molecule has 0 bridgehead atoms. The van der Waals surface area contributed by atoms with Gasteiger partial charge in [0.15, 0.2) is 0 Å². The Morgan fingerprint density at radius 2 is 2.42 bits per heavy atom. The summed E-state index contributed by atoms with van der Waals surface area (Å²) >= 11 is 6.26. The van der Waals surface area contributed by atoms with Crippen LogP contribution in [0.15, 0.2) is 18.5 Å². The van der Waals surface area contributed by atoms with Crippen molar-refractivity contribution in [2.75, 3.05) is 38.3 Å². The fraction of sp³-hybridized carbons (Fsp3) is 0.643. The van der Waals surface area contributed by atoms with Gasteiger partial charge in [-0.25, -0.2) is 0 Å². The van der Waals surface area contributed by atoms with Crippen molar-refractivity contribution in [3.8, 4) is 0 Å². The molecule has 1 saturated heterocycles. The average Bonchev–Trinajstić information content (AvgIpc) is 2.45. The van der Waals surface area contributed by atoms with Gasteiger partial charge in [0, 0.05) is 45.2 Å². The van der Waals surface area contributed by atoms with Gasteiger partial charge >= 0.3 is 0 Å². The molecule has 0 amide bonds. The SMILES string of the molecule is COCCNCC1CCCCN1c1ccncc1Cl. The van der Waals surface area contributed by atoms with Gasteiger partial charge in [0.25, 0.3) is 0 Å². The van der Waals surface area contributed by atoms with Crippen molar-refractivity contribution >= 4 is 17.3 Å². The van der Waals surface area contributed by atoms with E-state index in [9.17, 15) is 0 Å². The van der Waals surface area contributed by atoms with E-state index in [1.54, 1.807) is 13.3 Å². The molecule has 106 valence electrons. The zero-order valence-corrected chi connectivity index (χ0v) is 12.2. The molecule has 1 aromatic rings. The third-order valence-electron chi connectivity index (χ3n) is 3.55. The van der Waals surface area contributed by atoms with Crippen molar-refractivity contribution < 1.29 is 4.74 Å². The molecule has 0 aromatic carbocycles. The van der Waals surface area contributed by atoms with Crippen LogP contribution in [-0.4, -0.2) is 44.4 Å². The molecule has 1 aromatic heterocycles. The molecule has 2 heterocycles. The van der Waals surface area contributed by atoms with Gasteiger partial charge < -0.3 is 15.0 Å². The number of methoxy groups -OCH3 is 1. The van der Waals surface area contributed by atoms with Gasteiger partial charge in [-0.15, -0.1) is 0 Å². The number of nitrogens with one attached hydrogen (secondary N) is 1. The number of hydrogen-bond donors (Lipinski definition) is 1. The van der Waals surface area contributed by atoms with Crippen LogP contribution < -0.4 is 10.2 Å². The van der Waals surface area contributed by atoms with E-state index in [1.165, 1.54) is 19.3 Å². The second-order valence-electron chi connectivity index (χ2n) is 4.87. The third-order valence-corrected chi connectivity index (χ3v) is 3.84. The molecule has 1 unspecified atom stereocenters. The maximum absolute atomic E-state index is 6.26. The van der Waals surface area contributed by atoms with Gasteiger partial charge in [0.05, 0.1) is 17.3 Å². The quantitative estimate of drug-likeness (QED) is 0.813. The Bertz CT molecular complexity index is 389. The summed E-state index contributed by atoms with van der Waals surface area (Å²) in [6.07, 6.45) is 7.26. The highest BCUT2D eigenvalue weighted by atomic mass is 35.5. The Morgan fingerprint density at radius 1 is 1.53 bits per heavy atom. The van der Waals surface area contributed by atoms with Crippen molar-refractivity contribution in [3.05, 3.63) is 23.5 Å². The molecule has 1 aliphatic heterocycles. The number of aromatic nitrogens is 1. The van der Waals surface area contributed by atoms with Crippen LogP contribution in [0, 0.1) is 0 Å². The second kappa shape index (κ2) is 7.68. The predicted octanol–water partition coefficient (Wildman–Crippen LogP) is 2.33. The monoisotopic (exact) mass is 283 g/mol. The topological polar surface area (TPSA) is 37.4 Å². The Morgan fingerprint density at radius 3 is 3.21 bits per heavy atom. The lowest BCUT2D eigenvalue weighted by atomic mass is 10.0. The highest BCUT2D eigenvalue weighted by molar-refractivity contribution is 6.33. The summed E-state index contributed by atoms with van der Waals surface area (Å²) < 4.78 is 5.06. The molecule has 0 saturated carbocycles. The fourth-order valence-electron chi connectivity index (χ4n) is 2.57. The van der Waals surface area contributed by atoms with Crippen LogP contribution in [0.1, 0.15) is 19.3 Å². The summed E-state index contributed by atoms with van der Waals surface area (Å²) in [7, 11) is 1.73. The smallest absolute Gasteiger partial charge is 0.0822 e. The fourth-order valence-corrected chi connectivity index (χ4v) is 2.80. The number of pyridine rings is 1. The van der Waals surface area contributed by atoms with Gasteiger partial charge in [0.2, 0.25) is 0 Å². The molecule has 1 atom stereocenters. The Balaban J connectivity index is 1.98. The first kappa shape index (κ1) is 14.6. The third kappa shape index (κ3) is 4.06. The van der Waals surface area contributed by atoms with Gasteiger partial charge in [-0.2, -0.15) is 0 Å². The first-order chi connectivity index (χ1) is 9.33. The molecule has 19 heavy (non-hydrogen) atoms. The van der Waals surface area contributed by atoms with Gasteiger partial charge in [-0.3, -0.25) is 4.98 Å². The molecular formula is C14H22ClN3O. The molecule has 1 aliphatic rings. The maximum Gasteiger partial charge on any atom is 0.0822 e. The van der Waals surface area contributed by atoms with Crippen molar-refractivity contribution in [2.24, 2.45) is 0 Å². The Kier molecular flexibility index (Phi) is 5.89. The molecular weight excluding hydrogens is 262 g/mol. The molecule has 1 fully saturated rings. The van der Waals surface area contributed by atoms with E-state index in [2.05, 4.69) is 15.2 Å². The minimum absolute atomic E-state index is 0.505. The van der Waals surface area contributed by atoms with Crippen LogP contribution >= 0.6 is 11.6 Å². The minimum atomic E-state index is 0.505. The Labute approximate surface area is 120 Å². The lowest BCUT2D eigenvalue weighted by molar-refractivity contribution is 0.198. The van der Waals surface area contributed by atoms with E-state index in [1.807, 2.05) is 12.3 Å². The molecule has 0 radical (unpaired) electrons. The van der Waals surface area contributed by atoms with Crippen molar-refractivity contribution in [1.29, 1.82) is 0 Å². The first-order valence-corrected chi connectivity index (χ1v) is 7.26. The normalized spacial score (nSPS) is 19.7. The van der Waals surface area contributed by atoms with Crippen LogP contribution in [0.3, 0.4) is 0 Å². The number of piperidine rings is 1. The lowest BCUT2D eigenvalue weighted by Crippen LogP contribution is -2.46. The minimum Gasteiger partial charge on any atom is -0.383 e.